The van der Waals surface area contributed by atoms with Gasteiger partial charge in [0, 0.05) is 35.2 Å². The second kappa shape index (κ2) is 8.76. The Kier molecular flexibility index (Phi) is 6.09. The molecule has 0 spiro atoms. The molecule has 8 heteroatoms. The van der Waals surface area contributed by atoms with Gasteiger partial charge in [-0.15, -0.1) is 5.10 Å². The average Bonchev–Trinajstić information content (AvgIpc) is 3.15. The molecule has 4 rings (SSSR count). The van der Waals surface area contributed by atoms with Crippen molar-refractivity contribution in [3.63, 3.8) is 0 Å². The fourth-order valence-corrected chi connectivity index (χ4v) is 4.30. The zero-order valence-electron chi connectivity index (χ0n) is 16.6. The van der Waals surface area contributed by atoms with Crippen LogP contribution in [0.1, 0.15) is 34.8 Å². The van der Waals surface area contributed by atoms with Crippen LogP contribution in [0.2, 0.25) is 10.0 Å². The van der Waals surface area contributed by atoms with Crippen molar-refractivity contribution in [2.45, 2.75) is 25.2 Å². The minimum atomic E-state index is -0.316. The number of benzene rings is 2. The van der Waals surface area contributed by atoms with Crippen molar-refractivity contribution in [1.82, 2.24) is 20.1 Å². The molecule has 156 valence electrons. The second-order valence-electron chi connectivity index (χ2n) is 7.43. The van der Waals surface area contributed by atoms with Crippen LogP contribution in [-0.4, -0.2) is 40.4 Å². The molecule has 1 N–H and O–H groups in total. The van der Waals surface area contributed by atoms with E-state index >= 15 is 0 Å². The summed E-state index contributed by atoms with van der Waals surface area (Å²) in [5.41, 5.74) is 1.55. The lowest BCUT2D eigenvalue weighted by atomic mass is 9.74. The number of carbonyl (C=O) groups is 1. The average molecular weight is 445 g/mol. The number of aromatic nitrogens is 3. The topological polar surface area (TPSA) is 69.0 Å². The molecule has 0 atom stereocenters. The number of aryl methyl sites for hydroxylation is 1. The number of hydrogen-bond donors (Lipinski definition) is 1. The number of rotatable bonds is 5. The molecule has 0 radical (unpaired) electrons. The van der Waals surface area contributed by atoms with Gasteiger partial charge >= 0.3 is 0 Å². The maximum absolute atomic E-state index is 12.9. The molecule has 2 aromatic carbocycles. The minimum Gasteiger partial charge on any atom is -0.381 e. The van der Waals surface area contributed by atoms with E-state index in [2.05, 4.69) is 15.4 Å². The van der Waals surface area contributed by atoms with Gasteiger partial charge in [0.2, 0.25) is 5.82 Å². The molecule has 0 aliphatic carbocycles. The summed E-state index contributed by atoms with van der Waals surface area (Å²) >= 11 is 12.4. The molecule has 3 aromatic rings. The largest absolute Gasteiger partial charge is 0.381 e. The number of ether oxygens (including phenoxy) is 1. The Morgan fingerprint density at radius 2 is 1.83 bits per heavy atom. The summed E-state index contributed by atoms with van der Waals surface area (Å²) in [4.78, 5) is 17.2. The maximum atomic E-state index is 12.9. The molecule has 0 unspecified atom stereocenters. The van der Waals surface area contributed by atoms with E-state index in [0.29, 0.717) is 35.6 Å². The van der Waals surface area contributed by atoms with Gasteiger partial charge in [-0.05, 0) is 55.7 Å². The Bertz CT molecular complexity index is 1040. The van der Waals surface area contributed by atoms with Gasteiger partial charge in [-0.2, -0.15) is 0 Å². The molecular formula is C22H22Cl2N4O2. The Labute approximate surface area is 185 Å². The first-order valence-corrected chi connectivity index (χ1v) is 10.5. The zero-order chi connectivity index (χ0) is 21.1. The van der Waals surface area contributed by atoms with Crippen molar-refractivity contribution in [3.05, 3.63) is 75.8 Å². The first-order valence-electron chi connectivity index (χ1n) is 9.79. The maximum Gasteiger partial charge on any atom is 0.291 e. The highest BCUT2D eigenvalue weighted by atomic mass is 35.5. The van der Waals surface area contributed by atoms with Crippen LogP contribution in [0, 0.1) is 6.92 Å². The van der Waals surface area contributed by atoms with Crippen LogP contribution in [0.15, 0.2) is 48.5 Å². The number of carbonyl (C=O) groups excluding carboxylic acids is 1. The fraction of sp³-hybridized carbons (Fsp3) is 0.318. The summed E-state index contributed by atoms with van der Waals surface area (Å²) in [5, 5.41) is 8.75. The standard InChI is InChI=1S/C22H22Cl2N4O2/c1-15-26-20(27-28(15)17-8-6-16(23)7-9-17)21(29)25-14-22(10-12-30-13-11-22)18-4-2-3-5-19(18)24/h2-9H,10-14H2,1H3,(H,25,29). The van der Waals surface area contributed by atoms with Crippen molar-refractivity contribution < 1.29 is 9.53 Å². The van der Waals surface area contributed by atoms with Crippen LogP contribution < -0.4 is 5.32 Å². The molecule has 1 saturated heterocycles. The van der Waals surface area contributed by atoms with Crippen molar-refractivity contribution >= 4 is 29.1 Å². The van der Waals surface area contributed by atoms with E-state index in [1.54, 1.807) is 16.8 Å². The van der Waals surface area contributed by atoms with E-state index in [0.717, 1.165) is 24.1 Å². The molecule has 1 aromatic heterocycles. The van der Waals surface area contributed by atoms with Gasteiger partial charge in [0.1, 0.15) is 5.82 Å². The third-order valence-corrected chi connectivity index (χ3v) is 6.11. The molecule has 1 fully saturated rings. The van der Waals surface area contributed by atoms with E-state index in [-0.39, 0.29) is 17.1 Å². The molecule has 30 heavy (non-hydrogen) atoms. The predicted molar refractivity (Wildman–Crippen MR) is 117 cm³/mol. The molecular weight excluding hydrogens is 423 g/mol. The predicted octanol–water partition coefficient (Wildman–Crippen LogP) is 4.36. The van der Waals surface area contributed by atoms with Crippen LogP contribution in [0.25, 0.3) is 5.69 Å². The molecule has 6 nitrogen and oxygen atoms in total. The minimum absolute atomic E-state index is 0.129. The van der Waals surface area contributed by atoms with Gasteiger partial charge in [-0.3, -0.25) is 4.79 Å². The third kappa shape index (κ3) is 4.21. The first-order chi connectivity index (χ1) is 14.5. The molecule has 0 bridgehead atoms. The van der Waals surface area contributed by atoms with Gasteiger partial charge in [0.15, 0.2) is 0 Å². The van der Waals surface area contributed by atoms with E-state index in [1.807, 2.05) is 43.3 Å². The van der Waals surface area contributed by atoms with Crippen LogP contribution in [-0.2, 0) is 10.2 Å². The number of hydrogen-bond acceptors (Lipinski definition) is 4. The molecule has 1 amide bonds. The Hall–Kier alpha value is -2.41. The van der Waals surface area contributed by atoms with Crippen molar-refractivity contribution in [3.8, 4) is 5.69 Å². The van der Waals surface area contributed by atoms with Crippen molar-refractivity contribution in [2.75, 3.05) is 19.8 Å². The van der Waals surface area contributed by atoms with E-state index in [4.69, 9.17) is 27.9 Å². The summed E-state index contributed by atoms with van der Waals surface area (Å²) in [6.45, 7) is 3.50. The summed E-state index contributed by atoms with van der Waals surface area (Å²) in [5.74, 6) is 0.432. The third-order valence-electron chi connectivity index (χ3n) is 5.53. The lowest BCUT2D eigenvalue weighted by molar-refractivity contribution is 0.0486. The van der Waals surface area contributed by atoms with Gasteiger partial charge < -0.3 is 10.1 Å². The number of nitrogens with zero attached hydrogens (tertiary/aromatic N) is 3. The lowest BCUT2D eigenvalue weighted by Gasteiger charge is -2.38. The molecule has 2 heterocycles. The normalized spacial score (nSPS) is 15.7. The smallest absolute Gasteiger partial charge is 0.291 e. The van der Waals surface area contributed by atoms with E-state index < -0.39 is 0 Å². The van der Waals surface area contributed by atoms with E-state index in [9.17, 15) is 4.79 Å². The monoisotopic (exact) mass is 444 g/mol. The van der Waals surface area contributed by atoms with Crippen LogP contribution in [0.3, 0.4) is 0 Å². The van der Waals surface area contributed by atoms with Crippen LogP contribution in [0.4, 0.5) is 0 Å². The number of amides is 1. The van der Waals surface area contributed by atoms with Crippen LogP contribution in [0.5, 0.6) is 0 Å². The van der Waals surface area contributed by atoms with Gasteiger partial charge in [-0.1, -0.05) is 41.4 Å². The van der Waals surface area contributed by atoms with Gasteiger partial charge in [0.25, 0.3) is 5.91 Å². The number of nitrogens with one attached hydrogen (secondary N) is 1. The Morgan fingerprint density at radius 1 is 1.13 bits per heavy atom. The van der Waals surface area contributed by atoms with Crippen LogP contribution >= 0.6 is 23.2 Å². The van der Waals surface area contributed by atoms with E-state index in [1.165, 1.54) is 0 Å². The fourth-order valence-electron chi connectivity index (χ4n) is 3.84. The second-order valence-corrected chi connectivity index (χ2v) is 8.27. The highest BCUT2D eigenvalue weighted by molar-refractivity contribution is 6.31. The van der Waals surface area contributed by atoms with Crippen molar-refractivity contribution in [2.24, 2.45) is 0 Å². The summed E-state index contributed by atoms with van der Waals surface area (Å²) in [7, 11) is 0. The molecule has 1 aliphatic rings. The SMILES string of the molecule is Cc1nc(C(=O)NCC2(c3ccccc3Cl)CCOCC2)nn1-c1ccc(Cl)cc1. The summed E-state index contributed by atoms with van der Waals surface area (Å²) < 4.78 is 7.19. The molecule has 1 aliphatic heterocycles. The quantitative estimate of drug-likeness (QED) is 0.634. The highest BCUT2D eigenvalue weighted by Crippen LogP contribution is 2.38. The Morgan fingerprint density at radius 3 is 2.53 bits per heavy atom. The summed E-state index contributed by atoms with van der Waals surface area (Å²) in [6.07, 6.45) is 1.56. The molecule has 0 saturated carbocycles. The van der Waals surface area contributed by atoms with Gasteiger partial charge in [0.05, 0.1) is 5.69 Å². The lowest BCUT2D eigenvalue weighted by Crippen LogP contribution is -2.45. The highest BCUT2D eigenvalue weighted by Gasteiger charge is 2.36. The van der Waals surface area contributed by atoms with Gasteiger partial charge in [-0.25, -0.2) is 9.67 Å². The first kappa shape index (κ1) is 20.8. The number of halogens is 2. The van der Waals surface area contributed by atoms with Crippen molar-refractivity contribution in [1.29, 1.82) is 0 Å². The zero-order valence-corrected chi connectivity index (χ0v) is 18.1. The Balaban J connectivity index is 1.54. The summed E-state index contributed by atoms with van der Waals surface area (Å²) in [6, 6.07) is 15.0.